The minimum absolute atomic E-state index is 0.611. The van der Waals surface area contributed by atoms with Gasteiger partial charge in [-0.2, -0.15) is 0 Å². The Labute approximate surface area is 121 Å². The molecule has 2 aromatic rings. The highest BCUT2D eigenvalue weighted by Crippen LogP contribution is 2.31. The average molecular weight is 299 g/mol. The highest BCUT2D eigenvalue weighted by Gasteiger charge is 2.08. The van der Waals surface area contributed by atoms with Crippen LogP contribution in [0.5, 0.6) is 0 Å². The first-order valence-corrected chi connectivity index (χ1v) is 7.04. The van der Waals surface area contributed by atoms with Crippen LogP contribution in [0.15, 0.2) is 45.2 Å². The second-order valence-corrected chi connectivity index (χ2v) is 5.25. The summed E-state index contributed by atoms with van der Waals surface area (Å²) in [6.45, 7) is 2.25. The second-order valence-electron chi connectivity index (χ2n) is 3.82. The molecule has 1 aromatic heterocycles. The zero-order chi connectivity index (χ0) is 13.5. The maximum Gasteiger partial charge on any atom is 0.260 e. The summed E-state index contributed by atoms with van der Waals surface area (Å²) in [6.07, 6.45) is 3.19. The summed E-state index contributed by atoms with van der Waals surface area (Å²) >= 11 is 7.50. The maximum absolute atomic E-state index is 6.04. The van der Waals surface area contributed by atoms with Gasteiger partial charge in [-0.15, -0.1) is 0 Å². The van der Waals surface area contributed by atoms with Gasteiger partial charge in [0, 0.05) is 30.1 Å². The molecular weight excluding hydrogens is 284 g/mol. The molecule has 0 saturated carbocycles. The molecule has 0 aliphatic carbocycles. The Morgan fingerprint density at radius 3 is 3.11 bits per heavy atom. The zero-order valence-electron chi connectivity index (χ0n) is 10.6. The monoisotopic (exact) mass is 298 g/mol. The Hall–Kier alpha value is -1.01. The van der Waals surface area contributed by atoms with E-state index in [0.717, 1.165) is 23.5 Å². The topological polar surface area (TPSA) is 47.3 Å². The van der Waals surface area contributed by atoms with Crippen molar-refractivity contribution in [1.29, 1.82) is 0 Å². The number of hydrogen-bond acceptors (Lipinski definition) is 5. The van der Waals surface area contributed by atoms with Gasteiger partial charge in [-0.3, -0.25) is 0 Å². The van der Waals surface area contributed by atoms with Crippen LogP contribution in [0.1, 0.15) is 5.56 Å². The molecule has 1 heterocycles. The molecule has 0 radical (unpaired) electrons. The Kier molecular flexibility index (Phi) is 5.72. The lowest BCUT2D eigenvalue weighted by Gasteiger charge is -2.09. The number of benzene rings is 1. The molecule has 2 rings (SSSR count). The molecular formula is C13H15ClN2O2S. The molecule has 0 spiro atoms. The Morgan fingerprint density at radius 1 is 1.47 bits per heavy atom. The average Bonchev–Trinajstić information content (AvgIpc) is 2.90. The van der Waals surface area contributed by atoms with Gasteiger partial charge >= 0.3 is 0 Å². The highest BCUT2D eigenvalue weighted by atomic mass is 35.5. The lowest BCUT2D eigenvalue weighted by atomic mass is 10.2. The summed E-state index contributed by atoms with van der Waals surface area (Å²) < 4.78 is 10.2. The first-order valence-electron chi connectivity index (χ1n) is 5.85. The zero-order valence-corrected chi connectivity index (χ0v) is 12.1. The van der Waals surface area contributed by atoms with Crippen molar-refractivity contribution >= 4 is 23.4 Å². The van der Waals surface area contributed by atoms with Crippen molar-refractivity contribution in [1.82, 2.24) is 10.3 Å². The van der Waals surface area contributed by atoms with Gasteiger partial charge in [0.1, 0.15) is 6.26 Å². The molecule has 102 valence electrons. The van der Waals surface area contributed by atoms with Crippen molar-refractivity contribution in [2.24, 2.45) is 0 Å². The largest absolute Gasteiger partial charge is 0.440 e. The number of nitrogens with zero attached hydrogens (tertiary/aromatic N) is 1. The number of ether oxygens (including phenoxy) is 1. The number of nitrogens with one attached hydrogen (secondary N) is 1. The van der Waals surface area contributed by atoms with Crippen LogP contribution < -0.4 is 5.32 Å². The van der Waals surface area contributed by atoms with Gasteiger partial charge in [-0.1, -0.05) is 17.7 Å². The molecule has 0 saturated heterocycles. The van der Waals surface area contributed by atoms with E-state index in [2.05, 4.69) is 10.3 Å². The Bertz CT molecular complexity index is 505. The van der Waals surface area contributed by atoms with E-state index in [-0.39, 0.29) is 0 Å². The van der Waals surface area contributed by atoms with Crippen LogP contribution in [0.3, 0.4) is 0 Å². The normalized spacial score (nSPS) is 10.8. The van der Waals surface area contributed by atoms with Crippen molar-refractivity contribution < 1.29 is 9.15 Å². The maximum atomic E-state index is 6.04. The van der Waals surface area contributed by atoms with E-state index in [0.29, 0.717) is 16.9 Å². The van der Waals surface area contributed by atoms with Crippen LogP contribution in [0.25, 0.3) is 0 Å². The smallest absolute Gasteiger partial charge is 0.260 e. The Balaban J connectivity index is 2.04. The third-order valence-corrected chi connectivity index (χ3v) is 3.65. The molecule has 0 unspecified atom stereocenters. The van der Waals surface area contributed by atoms with Crippen molar-refractivity contribution in [3.05, 3.63) is 41.2 Å². The number of methoxy groups -OCH3 is 1. The molecule has 6 heteroatoms. The molecule has 0 aliphatic rings. The highest BCUT2D eigenvalue weighted by molar-refractivity contribution is 7.99. The fourth-order valence-electron chi connectivity index (χ4n) is 1.52. The molecule has 1 N–H and O–H groups in total. The van der Waals surface area contributed by atoms with Crippen LogP contribution in [-0.2, 0) is 11.3 Å². The quantitative estimate of drug-likeness (QED) is 0.795. The number of rotatable bonds is 7. The summed E-state index contributed by atoms with van der Waals surface area (Å²) in [5, 5.41) is 4.62. The van der Waals surface area contributed by atoms with E-state index < -0.39 is 0 Å². The van der Waals surface area contributed by atoms with Crippen molar-refractivity contribution in [2.45, 2.75) is 16.7 Å². The van der Waals surface area contributed by atoms with Crippen molar-refractivity contribution in [3.63, 3.8) is 0 Å². The van der Waals surface area contributed by atoms with E-state index in [1.165, 1.54) is 11.8 Å². The minimum Gasteiger partial charge on any atom is -0.440 e. The summed E-state index contributed by atoms with van der Waals surface area (Å²) in [4.78, 5) is 5.15. The molecule has 0 atom stereocenters. The minimum atomic E-state index is 0.611. The van der Waals surface area contributed by atoms with Crippen LogP contribution >= 0.6 is 23.4 Å². The lowest BCUT2D eigenvalue weighted by molar-refractivity contribution is 0.199. The summed E-state index contributed by atoms with van der Waals surface area (Å²) in [5.41, 5.74) is 1.16. The van der Waals surface area contributed by atoms with E-state index in [1.54, 1.807) is 19.6 Å². The summed E-state index contributed by atoms with van der Waals surface area (Å²) in [5.74, 6) is 0. The van der Waals surface area contributed by atoms with Crippen LogP contribution in [0, 0.1) is 0 Å². The van der Waals surface area contributed by atoms with Crippen molar-refractivity contribution in [3.8, 4) is 0 Å². The predicted octanol–water partition coefficient (Wildman–Crippen LogP) is 3.22. The third-order valence-electron chi connectivity index (χ3n) is 2.43. The molecule has 0 aliphatic heterocycles. The first kappa shape index (κ1) is 14.4. The van der Waals surface area contributed by atoms with Gasteiger partial charge in [0.25, 0.3) is 5.22 Å². The molecule has 19 heavy (non-hydrogen) atoms. The van der Waals surface area contributed by atoms with Crippen LogP contribution in [-0.4, -0.2) is 25.2 Å². The van der Waals surface area contributed by atoms with Gasteiger partial charge in [-0.25, -0.2) is 4.98 Å². The molecule has 0 fully saturated rings. The first-order chi connectivity index (χ1) is 9.29. The van der Waals surface area contributed by atoms with E-state index in [4.69, 9.17) is 20.8 Å². The van der Waals surface area contributed by atoms with Crippen LogP contribution in [0.4, 0.5) is 0 Å². The SMILES string of the molecule is COCCNCc1ccc(Cl)cc1Sc1ncco1. The van der Waals surface area contributed by atoms with Gasteiger partial charge in [0.2, 0.25) is 0 Å². The summed E-state index contributed by atoms with van der Waals surface area (Å²) in [6, 6.07) is 5.81. The van der Waals surface area contributed by atoms with Gasteiger partial charge < -0.3 is 14.5 Å². The van der Waals surface area contributed by atoms with Crippen molar-refractivity contribution in [2.75, 3.05) is 20.3 Å². The van der Waals surface area contributed by atoms with Crippen LogP contribution in [0.2, 0.25) is 5.02 Å². The standard InChI is InChI=1S/C13H15ClN2O2S/c1-17-6-4-15-9-10-2-3-11(14)8-12(10)19-13-16-5-7-18-13/h2-3,5,7-8,15H,4,6,9H2,1H3. The van der Waals surface area contributed by atoms with Gasteiger partial charge in [-0.05, 0) is 29.5 Å². The van der Waals surface area contributed by atoms with E-state index in [9.17, 15) is 0 Å². The van der Waals surface area contributed by atoms with Gasteiger partial charge in [0.15, 0.2) is 0 Å². The third kappa shape index (κ3) is 4.54. The number of halogens is 1. The molecule has 1 aromatic carbocycles. The molecule has 4 nitrogen and oxygen atoms in total. The number of oxazole rings is 1. The Morgan fingerprint density at radius 2 is 2.37 bits per heavy atom. The fraction of sp³-hybridized carbons (Fsp3) is 0.308. The molecule has 0 bridgehead atoms. The van der Waals surface area contributed by atoms with Gasteiger partial charge in [0.05, 0.1) is 12.8 Å². The van der Waals surface area contributed by atoms with E-state index >= 15 is 0 Å². The number of hydrogen-bond donors (Lipinski definition) is 1. The second kappa shape index (κ2) is 7.55. The number of aromatic nitrogens is 1. The molecule has 0 amide bonds. The predicted molar refractivity (Wildman–Crippen MR) is 75.7 cm³/mol. The summed E-state index contributed by atoms with van der Waals surface area (Å²) in [7, 11) is 1.69. The fourth-order valence-corrected chi connectivity index (χ4v) is 2.62. The van der Waals surface area contributed by atoms with E-state index in [1.807, 2.05) is 18.2 Å². The lowest BCUT2D eigenvalue weighted by Crippen LogP contribution is -2.18.